The zero-order valence-electron chi connectivity index (χ0n) is 14.2. The van der Waals surface area contributed by atoms with Crippen molar-refractivity contribution in [3.05, 3.63) is 54.4 Å². The second-order valence-electron chi connectivity index (χ2n) is 5.96. The van der Waals surface area contributed by atoms with E-state index in [0.29, 0.717) is 28.0 Å². The second kappa shape index (κ2) is 6.65. The van der Waals surface area contributed by atoms with Gasteiger partial charge in [-0.1, -0.05) is 6.07 Å². The minimum atomic E-state index is -2.54. The minimum Gasteiger partial charge on any atom is -0.497 e. The lowest BCUT2D eigenvalue weighted by Gasteiger charge is -2.11. The summed E-state index contributed by atoms with van der Waals surface area (Å²) < 4.78 is 17.5. The number of anilines is 1. The third-order valence-electron chi connectivity index (χ3n) is 3.72. The van der Waals surface area contributed by atoms with Gasteiger partial charge in [0.05, 0.1) is 18.3 Å². The van der Waals surface area contributed by atoms with Crippen molar-refractivity contribution in [1.29, 1.82) is 0 Å². The maximum Gasteiger partial charge on any atom is 0.255 e. The molecule has 0 aliphatic rings. The van der Waals surface area contributed by atoms with Crippen LogP contribution in [-0.2, 0) is 4.57 Å². The molecule has 2 heterocycles. The van der Waals surface area contributed by atoms with E-state index in [1.165, 1.54) is 6.20 Å². The molecule has 128 valence electrons. The Bertz CT molecular complexity index is 998. The normalized spacial score (nSPS) is 11.3. The summed E-state index contributed by atoms with van der Waals surface area (Å²) in [5.41, 5.74) is 2.03. The molecular formula is C18H18N3O3P. The maximum absolute atomic E-state index is 12.6. The van der Waals surface area contributed by atoms with Crippen LogP contribution in [0, 0.1) is 0 Å². The van der Waals surface area contributed by atoms with Crippen LogP contribution < -0.4 is 15.5 Å². The van der Waals surface area contributed by atoms with Crippen LogP contribution in [0.2, 0.25) is 0 Å². The Morgan fingerprint density at radius 3 is 2.64 bits per heavy atom. The number of benzene rings is 1. The Kier molecular flexibility index (Phi) is 4.55. The van der Waals surface area contributed by atoms with Crippen LogP contribution in [-0.4, -0.2) is 36.3 Å². The summed E-state index contributed by atoms with van der Waals surface area (Å²) in [6, 6.07) is 10.4. The fourth-order valence-electron chi connectivity index (χ4n) is 2.43. The molecule has 0 radical (unpaired) electrons. The highest BCUT2D eigenvalue weighted by atomic mass is 31.2. The topological polar surface area (TPSA) is 81.2 Å². The molecule has 1 N–H and O–H groups in total. The molecule has 25 heavy (non-hydrogen) atoms. The predicted molar refractivity (Wildman–Crippen MR) is 99.6 cm³/mol. The Morgan fingerprint density at radius 1 is 1.12 bits per heavy atom. The van der Waals surface area contributed by atoms with Crippen LogP contribution in [0.25, 0.3) is 10.9 Å². The Labute approximate surface area is 145 Å². The van der Waals surface area contributed by atoms with Gasteiger partial charge in [0, 0.05) is 29.4 Å². The summed E-state index contributed by atoms with van der Waals surface area (Å²) in [5, 5.41) is 3.72. The first kappa shape index (κ1) is 17.1. The van der Waals surface area contributed by atoms with Crippen molar-refractivity contribution in [3.63, 3.8) is 0 Å². The van der Waals surface area contributed by atoms with Gasteiger partial charge < -0.3 is 14.6 Å². The van der Waals surface area contributed by atoms with Gasteiger partial charge >= 0.3 is 0 Å². The summed E-state index contributed by atoms with van der Waals surface area (Å²) in [7, 11) is -0.975. The maximum atomic E-state index is 12.6. The molecule has 7 heteroatoms. The van der Waals surface area contributed by atoms with E-state index in [1.807, 2.05) is 18.2 Å². The van der Waals surface area contributed by atoms with Crippen LogP contribution in [0.3, 0.4) is 0 Å². The smallest absolute Gasteiger partial charge is 0.255 e. The molecule has 0 bridgehead atoms. The zero-order chi connectivity index (χ0) is 18.0. The third-order valence-corrected chi connectivity index (χ3v) is 5.07. The summed E-state index contributed by atoms with van der Waals surface area (Å²) in [6.07, 6.45) is 3.16. The van der Waals surface area contributed by atoms with Crippen molar-refractivity contribution >= 4 is 35.1 Å². The molecule has 2 aromatic heterocycles. The van der Waals surface area contributed by atoms with E-state index in [-0.39, 0.29) is 5.91 Å². The number of rotatable bonds is 4. The quantitative estimate of drug-likeness (QED) is 0.727. The number of carbonyl (C=O) groups is 1. The highest BCUT2D eigenvalue weighted by Gasteiger charge is 2.16. The van der Waals surface area contributed by atoms with E-state index in [2.05, 4.69) is 15.3 Å². The van der Waals surface area contributed by atoms with Gasteiger partial charge in [-0.05, 0) is 37.6 Å². The van der Waals surface area contributed by atoms with Gasteiger partial charge in [0.1, 0.15) is 18.3 Å². The van der Waals surface area contributed by atoms with Gasteiger partial charge in [-0.15, -0.1) is 0 Å². The lowest BCUT2D eigenvalue weighted by atomic mass is 10.1. The van der Waals surface area contributed by atoms with Gasteiger partial charge in [0.15, 0.2) is 0 Å². The molecule has 0 aliphatic carbocycles. The first-order valence-corrected chi connectivity index (χ1v) is 10.2. The van der Waals surface area contributed by atoms with Crippen LogP contribution in [0.5, 0.6) is 5.75 Å². The lowest BCUT2D eigenvalue weighted by molar-refractivity contribution is 0.102. The van der Waals surface area contributed by atoms with E-state index >= 15 is 0 Å². The molecule has 0 spiro atoms. The van der Waals surface area contributed by atoms with Crippen LogP contribution in [0.15, 0.2) is 48.8 Å². The van der Waals surface area contributed by atoms with Gasteiger partial charge in [-0.2, -0.15) is 0 Å². The Hall–Kier alpha value is -2.72. The molecule has 0 saturated heterocycles. The number of hydrogen-bond donors (Lipinski definition) is 1. The summed E-state index contributed by atoms with van der Waals surface area (Å²) in [6.45, 7) is 3.24. The zero-order valence-corrected chi connectivity index (χ0v) is 15.1. The van der Waals surface area contributed by atoms with Crippen molar-refractivity contribution in [3.8, 4) is 5.75 Å². The summed E-state index contributed by atoms with van der Waals surface area (Å²) >= 11 is 0. The number of ether oxygens (including phenoxy) is 1. The van der Waals surface area contributed by atoms with Crippen LogP contribution in [0.4, 0.5) is 5.69 Å². The van der Waals surface area contributed by atoms with Crippen LogP contribution >= 0.6 is 7.14 Å². The van der Waals surface area contributed by atoms with Crippen molar-refractivity contribution in [1.82, 2.24) is 9.97 Å². The molecule has 0 atom stereocenters. The predicted octanol–water partition coefficient (Wildman–Crippen LogP) is 3.14. The number of fused-ring (bicyclic) bond motifs is 1. The number of amides is 1. The fourth-order valence-corrected chi connectivity index (χ4v) is 3.22. The number of aromatic nitrogens is 2. The number of nitrogens with one attached hydrogen (secondary N) is 1. The lowest BCUT2D eigenvalue weighted by Crippen LogP contribution is -2.17. The van der Waals surface area contributed by atoms with Crippen molar-refractivity contribution < 1.29 is 14.1 Å². The van der Waals surface area contributed by atoms with Gasteiger partial charge in [-0.3, -0.25) is 14.8 Å². The van der Waals surface area contributed by atoms with Gasteiger partial charge in [0.2, 0.25) is 0 Å². The number of carbonyl (C=O) groups excluding carboxylic acids is 1. The largest absolute Gasteiger partial charge is 0.497 e. The molecule has 0 fully saturated rings. The van der Waals surface area contributed by atoms with Gasteiger partial charge in [0.25, 0.3) is 5.91 Å². The van der Waals surface area contributed by atoms with Crippen molar-refractivity contribution in [2.24, 2.45) is 0 Å². The third kappa shape index (κ3) is 3.69. The molecular weight excluding hydrogens is 337 g/mol. The molecule has 0 saturated carbocycles. The monoisotopic (exact) mass is 355 g/mol. The second-order valence-corrected chi connectivity index (χ2v) is 9.12. The van der Waals surface area contributed by atoms with E-state index < -0.39 is 7.14 Å². The number of hydrogen-bond acceptors (Lipinski definition) is 5. The number of methoxy groups -OCH3 is 1. The average molecular weight is 355 g/mol. The standard InChI is InChI=1S/C18H18N3O3P/c1-24-14-9-12-5-4-7-20-17(12)15(11-14)21-18(22)13-6-8-19-16(10-13)25(2,3)23/h4-11H,1-3H3,(H,21,22). The summed E-state index contributed by atoms with van der Waals surface area (Å²) in [5.74, 6) is 0.301. The average Bonchev–Trinajstić information content (AvgIpc) is 2.61. The van der Waals surface area contributed by atoms with Crippen molar-refractivity contribution in [2.45, 2.75) is 0 Å². The highest BCUT2D eigenvalue weighted by molar-refractivity contribution is 7.69. The molecule has 1 aromatic carbocycles. The molecule has 6 nitrogen and oxygen atoms in total. The van der Waals surface area contributed by atoms with E-state index in [9.17, 15) is 9.36 Å². The first-order valence-electron chi connectivity index (χ1n) is 7.64. The Balaban J connectivity index is 1.99. The SMILES string of the molecule is COc1cc(NC(=O)c2ccnc(P(C)(C)=O)c2)c2ncccc2c1. The van der Waals surface area contributed by atoms with Crippen molar-refractivity contribution in [2.75, 3.05) is 25.8 Å². The fraction of sp³-hybridized carbons (Fsp3) is 0.167. The van der Waals surface area contributed by atoms with E-state index in [1.54, 1.807) is 44.8 Å². The molecule has 0 unspecified atom stereocenters. The van der Waals surface area contributed by atoms with E-state index in [4.69, 9.17) is 4.74 Å². The van der Waals surface area contributed by atoms with Gasteiger partial charge in [-0.25, -0.2) is 0 Å². The summed E-state index contributed by atoms with van der Waals surface area (Å²) in [4.78, 5) is 21.1. The highest BCUT2D eigenvalue weighted by Crippen LogP contribution is 2.33. The minimum absolute atomic E-state index is 0.322. The van der Waals surface area contributed by atoms with Crippen LogP contribution in [0.1, 0.15) is 10.4 Å². The first-order chi connectivity index (χ1) is 11.9. The number of pyridine rings is 2. The number of nitrogens with zero attached hydrogens (tertiary/aromatic N) is 2. The van der Waals surface area contributed by atoms with E-state index in [0.717, 1.165) is 5.39 Å². The Morgan fingerprint density at radius 2 is 1.92 bits per heavy atom. The molecule has 3 aromatic rings. The molecule has 0 aliphatic heterocycles. The molecule has 3 rings (SSSR count). The molecule has 1 amide bonds.